The number of aromatic nitrogens is 2. The van der Waals surface area contributed by atoms with Crippen LogP contribution in [0.4, 0.5) is 0 Å². The van der Waals surface area contributed by atoms with E-state index in [4.69, 9.17) is 0 Å². The summed E-state index contributed by atoms with van der Waals surface area (Å²) in [6.07, 6.45) is 8.25. The van der Waals surface area contributed by atoms with Crippen LogP contribution in [0.1, 0.15) is 45.4 Å². The molecule has 21 heavy (non-hydrogen) atoms. The number of amides is 1. The molecule has 0 bridgehead atoms. The number of piperidine rings is 1. The van der Waals surface area contributed by atoms with Gasteiger partial charge in [0.2, 0.25) is 5.91 Å². The molecule has 116 valence electrons. The zero-order chi connectivity index (χ0) is 15.0. The number of rotatable bonds is 4. The van der Waals surface area contributed by atoms with E-state index in [1.165, 1.54) is 0 Å². The number of aryl methyl sites for hydroxylation is 1. The number of hydrogen-bond donors (Lipinski definition) is 1. The van der Waals surface area contributed by atoms with Gasteiger partial charge in [0.05, 0.1) is 12.6 Å². The Bertz CT molecular complexity index is 518. The van der Waals surface area contributed by atoms with Crippen LogP contribution in [-0.2, 0) is 18.4 Å². The molecule has 1 aliphatic heterocycles. The lowest BCUT2D eigenvalue weighted by molar-refractivity contribution is -0.138. The topological polar surface area (TPSA) is 50.2 Å². The molecule has 2 heterocycles. The molecule has 1 saturated heterocycles. The summed E-state index contributed by atoms with van der Waals surface area (Å²) in [5.41, 5.74) is 0.0319. The van der Waals surface area contributed by atoms with Crippen molar-refractivity contribution in [2.24, 2.45) is 12.5 Å². The van der Waals surface area contributed by atoms with Gasteiger partial charge in [0, 0.05) is 25.5 Å². The van der Waals surface area contributed by atoms with E-state index in [0.29, 0.717) is 12.6 Å². The van der Waals surface area contributed by atoms with Crippen molar-refractivity contribution in [1.29, 1.82) is 0 Å². The van der Waals surface area contributed by atoms with Crippen molar-refractivity contribution in [1.82, 2.24) is 19.8 Å². The Hall–Kier alpha value is -1.36. The maximum atomic E-state index is 13.1. The van der Waals surface area contributed by atoms with Crippen LogP contribution in [0.3, 0.4) is 0 Å². The zero-order valence-corrected chi connectivity index (χ0v) is 13.3. The van der Waals surface area contributed by atoms with Crippen LogP contribution < -0.4 is 5.32 Å². The summed E-state index contributed by atoms with van der Waals surface area (Å²) < 4.78 is 2.00. The van der Waals surface area contributed by atoms with Crippen LogP contribution >= 0.6 is 0 Å². The van der Waals surface area contributed by atoms with Gasteiger partial charge in [0.25, 0.3) is 0 Å². The second-order valence-corrected chi connectivity index (χ2v) is 7.13. The lowest BCUT2D eigenvalue weighted by Gasteiger charge is -2.40. The van der Waals surface area contributed by atoms with Gasteiger partial charge in [-0.05, 0) is 37.6 Å². The van der Waals surface area contributed by atoms with Gasteiger partial charge < -0.3 is 14.8 Å². The normalized spacial score (nSPS) is 24.8. The van der Waals surface area contributed by atoms with Gasteiger partial charge in [-0.1, -0.05) is 13.8 Å². The number of carbonyl (C=O) groups excluding carboxylic acids is 1. The van der Waals surface area contributed by atoms with Gasteiger partial charge in [-0.2, -0.15) is 0 Å². The molecule has 1 amide bonds. The molecule has 5 heteroatoms. The number of carbonyl (C=O) groups is 1. The standard InChI is InChI=1S/C16H26N4O/c1-16(2)7-4-8-18-14(16)15(21)20(12-5-6-12)11-13-17-9-10-19(13)3/h9-10,12,14,18H,4-8,11H2,1-3H3. The predicted molar refractivity (Wildman–Crippen MR) is 81.6 cm³/mol. The first-order valence-electron chi connectivity index (χ1n) is 7.99. The Morgan fingerprint density at radius 2 is 2.29 bits per heavy atom. The molecule has 2 aliphatic rings. The van der Waals surface area contributed by atoms with E-state index >= 15 is 0 Å². The van der Waals surface area contributed by atoms with Crippen molar-refractivity contribution in [2.75, 3.05) is 6.54 Å². The van der Waals surface area contributed by atoms with Crippen LogP contribution in [0.15, 0.2) is 12.4 Å². The molecule has 1 N–H and O–H groups in total. The second-order valence-electron chi connectivity index (χ2n) is 7.13. The van der Waals surface area contributed by atoms with Gasteiger partial charge >= 0.3 is 0 Å². The molecule has 0 spiro atoms. The lowest BCUT2D eigenvalue weighted by atomic mass is 9.77. The Morgan fingerprint density at radius 3 is 2.86 bits per heavy atom. The molecule has 5 nitrogen and oxygen atoms in total. The molecule has 1 saturated carbocycles. The highest BCUT2D eigenvalue weighted by atomic mass is 16.2. The summed E-state index contributed by atoms with van der Waals surface area (Å²) in [5, 5.41) is 3.45. The van der Waals surface area contributed by atoms with Crippen molar-refractivity contribution in [3.05, 3.63) is 18.2 Å². The number of nitrogens with one attached hydrogen (secondary N) is 1. The smallest absolute Gasteiger partial charge is 0.240 e. The Labute approximate surface area is 126 Å². The minimum atomic E-state index is -0.0629. The highest BCUT2D eigenvalue weighted by Gasteiger charge is 2.43. The summed E-state index contributed by atoms with van der Waals surface area (Å²) in [6, 6.07) is 0.348. The van der Waals surface area contributed by atoms with Crippen LogP contribution in [0, 0.1) is 5.41 Å². The van der Waals surface area contributed by atoms with Crippen molar-refractivity contribution >= 4 is 5.91 Å². The van der Waals surface area contributed by atoms with Crippen LogP contribution in [0.25, 0.3) is 0 Å². The minimum absolute atomic E-state index is 0.0319. The molecular weight excluding hydrogens is 264 g/mol. The van der Waals surface area contributed by atoms with E-state index in [1.54, 1.807) is 6.20 Å². The van der Waals surface area contributed by atoms with Crippen molar-refractivity contribution in [2.45, 2.75) is 58.2 Å². The zero-order valence-electron chi connectivity index (χ0n) is 13.3. The minimum Gasteiger partial charge on any atom is -0.337 e. The van der Waals surface area contributed by atoms with Crippen LogP contribution in [0.5, 0.6) is 0 Å². The first kappa shape index (κ1) is 14.6. The molecule has 1 unspecified atom stereocenters. The van der Waals surface area contributed by atoms with Crippen molar-refractivity contribution < 1.29 is 4.79 Å². The maximum absolute atomic E-state index is 13.1. The molecule has 3 rings (SSSR count). The van der Waals surface area contributed by atoms with Gasteiger partial charge in [0.15, 0.2) is 0 Å². The molecular formula is C16H26N4O. The Balaban J connectivity index is 1.77. The van der Waals surface area contributed by atoms with E-state index in [-0.39, 0.29) is 17.4 Å². The van der Waals surface area contributed by atoms with Gasteiger partial charge in [0.1, 0.15) is 5.82 Å². The molecule has 1 aromatic rings. The highest BCUT2D eigenvalue weighted by molar-refractivity contribution is 5.83. The summed E-state index contributed by atoms with van der Waals surface area (Å²) in [7, 11) is 1.99. The first-order chi connectivity index (χ1) is 9.99. The third-order valence-corrected chi connectivity index (χ3v) is 4.88. The largest absolute Gasteiger partial charge is 0.337 e. The second kappa shape index (κ2) is 5.44. The summed E-state index contributed by atoms with van der Waals surface area (Å²) in [5.74, 6) is 1.22. The first-order valence-corrected chi connectivity index (χ1v) is 7.99. The molecule has 1 aliphatic carbocycles. The molecule has 1 aromatic heterocycles. The van der Waals surface area contributed by atoms with E-state index in [1.807, 2.05) is 22.7 Å². The number of hydrogen-bond acceptors (Lipinski definition) is 3. The third kappa shape index (κ3) is 2.98. The molecule has 2 fully saturated rings. The lowest BCUT2D eigenvalue weighted by Crippen LogP contribution is -2.56. The Kier molecular flexibility index (Phi) is 3.78. The molecule has 1 atom stereocenters. The summed E-state index contributed by atoms with van der Waals surface area (Å²) >= 11 is 0. The fourth-order valence-electron chi connectivity index (χ4n) is 3.27. The van der Waals surface area contributed by atoms with Gasteiger partial charge in [-0.3, -0.25) is 4.79 Å². The molecule has 0 radical (unpaired) electrons. The van der Waals surface area contributed by atoms with E-state index in [9.17, 15) is 4.79 Å². The highest BCUT2D eigenvalue weighted by Crippen LogP contribution is 2.35. The van der Waals surface area contributed by atoms with Crippen molar-refractivity contribution in [3.63, 3.8) is 0 Å². The van der Waals surface area contributed by atoms with E-state index in [0.717, 1.165) is 38.1 Å². The SMILES string of the molecule is Cn1ccnc1CN(C(=O)C1NCCCC1(C)C)C1CC1. The molecule has 0 aromatic carbocycles. The monoisotopic (exact) mass is 290 g/mol. The van der Waals surface area contributed by atoms with E-state index in [2.05, 4.69) is 24.1 Å². The number of nitrogens with zero attached hydrogens (tertiary/aromatic N) is 3. The average molecular weight is 290 g/mol. The number of imidazole rings is 1. The quantitative estimate of drug-likeness (QED) is 0.918. The summed E-state index contributed by atoms with van der Waals surface area (Å²) in [4.78, 5) is 19.5. The van der Waals surface area contributed by atoms with Crippen LogP contribution in [-0.4, -0.2) is 39.0 Å². The van der Waals surface area contributed by atoms with E-state index < -0.39 is 0 Å². The average Bonchev–Trinajstić information content (AvgIpc) is 3.19. The fraction of sp³-hybridized carbons (Fsp3) is 0.750. The summed E-state index contributed by atoms with van der Waals surface area (Å²) in [6.45, 7) is 5.98. The van der Waals surface area contributed by atoms with Gasteiger partial charge in [-0.25, -0.2) is 4.98 Å². The predicted octanol–water partition coefficient (Wildman–Crippen LogP) is 1.69. The Morgan fingerprint density at radius 1 is 1.52 bits per heavy atom. The van der Waals surface area contributed by atoms with Crippen molar-refractivity contribution in [3.8, 4) is 0 Å². The van der Waals surface area contributed by atoms with Gasteiger partial charge in [-0.15, -0.1) is 0 Å². The third-order valence-electron chi connectivity index (χ3n) is 4.88. The van der Waals surface area contributed by atoms with Crippen LogP contribution in [0.2, 0.25) is 0 Å². The fourth-order valence-corrected chi connectivity index (χ4v) is 3.27. The maximum Gasteiger partial charge on any atom is 0.240 e.